The van der Waals surface area contributed by atoms with Crippen molar-refractivity contribution in [2.45, 2.75) is 19.4 Å². The van der Waals surface area contributed by atoms with E-state index >= 15 is 0 Å². The Morgan fingerprint density at radius 2 is 2.20 bits per heavy atom. The Labute approximate surface area is 93.2 Å². The lowest BCUT2D eigenvalue weighted by Gasteiger charge is -2.22. The zero-order chi connectivity index (χ0) is 10.9. The maximum atomic E-state index is 10.4. The van der Waals surface area contributed by atoms with Gasteiger partial charge < -0.3 is 5.11 Å². The van der Waals surface area contributed by atoms with E-state index in [2.05, 4.69) is 4.98 Å². The molecule has 2 aromatic heterocycles. The number of aromatic nitrogens is 1. The molecule has 0 amide bonds. The third kappa shape index (κ3) is 1.94. The van der Waals surface area contributed by atoms with Crippen molar-refractivity contribution in [3.05, 3.63) is 52.0 Å². The highest BCUT2D eigenvalue weighted by molar-refractivity contribution is 7.10. The second-order valence-electron chi connectivity index (χ2n) is 3.76. The van der Waals surface area contributed by atoms with Crippen molar-refractivity contribution in [1.29, 1.82) is 0 Å². The molecular formula is C12H13NOS. The molecule has 0 bridgehead atoms. The van der Waals surface area contributed by atoms with Crippen molar-refractivity contribution < 1.29 is 5.11 Å². The van der Waals surface area contributed by atoms with E-state index in [9.17, 15) is 5.11 Å². The summed E-state index contributed by atoms with van der Waals surface area (Å²) in [6.45, 7) is 3.83. The smallest absolute Gasteiger partial charge is 0.114 e. The van der Waals surface area contributed by atoms with Crippen molar-refractivity contribution in [1.82, 2.24) is 4.98 Å². The summed E-state index contributed by atoms with van der Waals surface area (Å²) < 4.78 is 0. The van der Waals surface area contributed by atoms with E-state index in [4.69, 9.17) is 0 Å². The molecule has 0 aromatic carbocycles. The first-order chi connectivity index (χ1) is 7.10. The molecule has 2 heterocycles. The van der Waals surface area contributed by atoms with Crippen molar-refractivity contribution in [3.8, 4) is 0 Å². The number of rotatable bonds is 2. The highest BCUT2D eigenvalue weighted by Gasteiger charge is 2.26. The van der Waals surface area contributed by atoms with Gasteiger partial charge in [0.15, 0.2) is 0 Å². The maximum absolute atomic E-state index is 10.4. The van der Waals surface area contributed by atoms with Crippen LogP contribution in [0.2, 0.25) is 0 Å². The average Bonchev–Trinajstić information content (AvgIpc) is 2.67. The van der Waals surface area contributed by atoms with Gasteiger partial charge in [0.05, 0.1) is 0 Å². The van der Waals surface area contributed by atoms with E-state index in [1.54, 1.807) is 30.7 Å². The Balaban J connectivity index is 2.43. The Morgan fingerprint density at radius 3 is 2.73 bits per heavy atom. The van der Waals surface area contributed by atoms with Crippen molar-refractivity contribution >= 4 is 11.3 Å². The standard InChI is InChI=1S/C12H13NOS/c1-9-6-11(8-15-9)12(2,14)10-4-3-5-13-7-10/h3-8,14H,1-2H3. The molecule has 0 saturated heterocycles. The van der Waals surface area contributed by atoms with Crippen LogP contribution >= 0.6 is 11.3 Å². The molecule has 15 heavy (non-hydrogen) atoms. The third-order valence-electron chi connectivity index (χ3n) is 2.52. The molecule has 78 valence electrons. The van der Waals surface area contributed by atoms with Gasteiger partial charge in [-0.3, -0.25) is 4.98 Å². The number of hydrogen-bond donors (Lipinski definition) is 1. The molecule has 0 radical (unpaired) electrons. The Bertz CT molecular complexity index is 448. The van der Waals surface area contributed by atoms with Gasteiger partial charge in [0.2, 0.25) is 0 Å². The fraction of sp³-hybridized carbons (Fsp3) is 0.250. The number of thiophene rings is 1. The van der Waals surface area contributed by atoms with Crippen LogP contribution < -0.4 is 0 Å². The summed E-state index contributed by atoms with van der Waals surface area (Å²) in [6.07, 6.45) is 3.41. The summed E-state index contributed by atoms with van der Waals surface area (Å²) in [6, 6.07) is 5.74. The number of hydrogen-bond acceptors (Lipinski definition) is 3. The van der Waals surface area contributed by atoms with Gasteiger partial charge in [-0.15, -0.1) is 11.3 Å². The fourth-order valence-corrected chi connectivity index (χ4v) is 2.32. The summed E-state index contributed by atoms with van der Waals surface area (Å²) in [7, 11) is 0. The molecule has 0 aliphatic heterocycles. The first-order valence-corrected chi connectivity index (χ1v) is 5.67. The molecule has 1 N–H and O–H groups in total. The molecule has 2 rings (SSSR count). The Hall–Kier alpha value is -1.19. The van der Waals surface area contributed by atoms with Crippen LogP contribution in [0.5, 0.6) is 0 Å². The molecule has 0 aliphatic rings. The van der Waals surface area contributed by atoms with E-state index in [1.165, 1.54) is 4.88 Å². The first-order valence-electron chi connectivity index (χ1n) is 4.79. The Morgan fingerprint density at radius 1 is 1.40 bits per heavy atom. The monoisotopic (exact) mass is 219 g/mol. The molecule has 0 fully saturated rings. The number of nitrogens with zero attached hydrogens (tertiary/aromatic N) is 1. The van der Waals surface area contributed by atoms with Crippen LogP contribution in [0.3, 0.4) is 0 Å². The zero-order valence-electron chi connectivity index (χ0n) is 8.77. The van der Waals surface area contributed by atoms with Gasteiger partial charge in [-0.1, -0.05) is 6.07 Å². The molecule has 2 aromatic rings. The maximum Gasteiger partial charge on any atom is 0.114 e. The first kappa shape index (κ1) is 10.3. The van der Waals surface area contributed by atoms with Crippen LogP contribution in [0, 0.1) is 6.92 Å². The number of aliphatic hydroxyl groups is 1. The van der Waals surface area contributed by atoms with Gasteiger partial charge in [0, 0.05) is 22.8 Å². The lowest BCUT2D eigenvalue weighted by atomic mass is 9.91. The van der Waals surface area contributed by atoms with Crippen LogP contribution in [0.25, 0.3) is 0 Å². The van der Waals surface area contributed by atoms with E-state index in [1.807, 2.05) is 30.5 Å². The van der Waals surface area contributed by atoms with Gasteiger partial charge in [-0.25, -0.2) is 0 Å². The predicted octanol–water partition coefficient (Wildman–Crippen LogP) is 2.71. The molecule has 0 saturated carbocycles. The summed E-state index contributed by atoms with van der Waals surface area (Å²) in [5.41, 5.74) is 0.805. The highest BCUT2D eigenvalue weighted by Crippen LogP contribution is 2.31. The topological polar surface area (TPSA) is 33.1 Å². The lowest BCUT2D eigenvalue weighted by Crippen LogP contribution is -2.22. The summed E-state index contributed by atoms with van der Waals surface area (Å²) in [5.74, 6) is 0. The average molecular weight is 219 g/mol. The van der Waals surface area contributed by atoms with Gasteiger partial charge in [-0.2, -0.15) is 0 Å². The van der Waals surface area contributed by atoms with Gasteiger partial charge in [0.1, 0.15) is 5.60 Å². The minimum Gasteiger partial charge on any atom is -0.381 e. The Kier molecular flexibility index (Phi) is 2.59. The zero-order valence-corrected chi connectivity index (χ0v) is 9.58. The second-order valence-corrected chi connectivity index (χ2v) is 4.88. The summed E-state index contributed by atoms with van der Waals surface area (Å²) in [5, 5.41) is 12.4. The summed E-state index contributed by atoms with van der Waals surface area (Å²) >= 11 is 1.65. The molecule has 2 nitrogen and oxygen atoms in total. The molecule has 0 spiro atoms. The number of pyridine rings is 1. The lowest BCUT2D eigenvalue weighted by molar-refractivity contribution is 0.102. The van der Waals surface area contributed by atoms with Crippen molar-refractivity contribution in [2.24, 2.45) is 0 Å². The number of aryl methyl sites for hydroxylation is 1. The molecular weight excluding hydrogens is 206 g/mol. The van der Waals surface area contributed by atoms with Gasteiger partial charge in [-0.05, 0) is 36.9 Å². The van der Waals surface area contributed by atoms with E-state index in [-0.39, 0.29) is 0 Å². The highest BCUT2D eigenvalue weighted by atomic mass is 32.1. The molecule has 1 unspecified atom stereocenters. The third-order valence-corrected chi connectivity index (χ3v) is 3.38. The molecule has 1 atom stereocenters. The van der Waals surface area contributed by atoms with Crippen LogP contribution in [0.15, 0.2) is 36.0 Å². The van der Waals surface area contributed by atoms with E-state index < -0.39 is 5.60 Å². The van der Waals surface area contributed by atoms with E-state index in [0.29, 0.717) is 0 Å². The van der Waals surface area contributed by atoms with E-state index in [0.717, 1.165) is 11.1 Å². The predicted molar refractivity (Wildman–Crippen MR) is 62.0 cm³/mol. The minimum atomic E-state index is -0.945. The molecule has 0 aliphatic carbocycles. The quantitative estimate of drug-likeness (QED) is 0.842. The van der Waals surface area contributed by atoms with Crippen LogP contribution in [0.4, 0.5) is 0 Å². The van der Waals surface area contributed by atoms with Crippen molar-refractivity contribution in [2.75, 3.05) is 0 Å². The minimum absolute atomic E-state index is 0.822. The summed E-state index contributed by atoms with van der Waals surface area (Å²) in [4.78, 5) is 5.23. The largest absolute Gasteiger partial charge is 0.381 e. The van der Waals surface area contributed by atoms with Crippen LogP contribution in [-0.4, -0.2) is 10.1 Å². The normalized spacial score (nSPS) is 14.9. The van der Waals surface area contributed by atoms with Gasteiger partial charge >= 0.3 is 0 Å². The second kappa shape index (κ2) is 3.76. The van der Waals surface area contributed by atoms with Gasteiger partial charge in [0.25, 0.3) is 0 Å². The SMILES string of the molecule is Cc1cc(C(C)(O)c2cccnc2)cs1. The fourth-order valence-electron chi connectivity index (χ4n) is 1.52. The van der Waals surface area contributed by atoms with Crippen molar-refractivity contribution in [3.63, 3.8) is 0 Å². The van der Waals surface area contributed by atoms with Crippen LogP contribution in [-0.2, 0) is 5.60 Å². The van der Waals surface area contributed by atoms with Crippen LogP contribution in [0.1, 0.15) is 22.9 Å². The molecule has 3 heteroatoms.